The Labute approximate surface area is 122 Å². The largest absolute Gasteiger partial charge is 0.313 e. The van der Waals surface area contributed by atoms with Crippen molar-refractivity contribution in [1.29, 1.82) is 0 Å². The highest BCUT2D eigenvalue weighted by atomic mass is 35.5. The minimum Gasteiger partial charge on any atom is -0.313 e. The SMILES string of the molecule is CNC(C)c1ccc(-n2nnc3ccccc32)cc1Cl. The molecule has 3 aromatic rings. The topological polar surface area (TPSA) is 42.7 Å². The minimum absolute atomic E-state index is 0.212. The molecule has 0 saturated heterocycles. The van der Waals surface area contributed by atoms with E-state index in [9.17, 15) is 0 Å². The van der Waals surface area contributed by atoms with E-state index < -0.39 is 0 Å². The summed E-state index contributed by atoms with van der Waals surface area (Å²) >= 11 is 6.37. The number of fused-ring (bicyclic) bond motifs is 1. The van der Waals surface area contributed by atoms with E-state index >= 15 is 0 Å². The van der Waals surface area contributed by atoms with Crippen LogP contribution in [0.25, 0.3) is 16.7 Å². The molecule has 0 amide bonds. The van der Waals surface area contributed by atoms with Gasteiger partial charge in [0, 0.05) is 11.1 Å². The van der Waals surface area contributed by atoms with Crippen LogP contribution in [0.4, 0.5) is 0 Å². The lowest BCUT2D eigenvalue weighted by atomic mass is 10.1. The van der Waals surface area contributed by atoms with E-state index in [-0.39, 0.29) is 6.04 Å². The Kier molecular flexibility index (Phi) is 3.42. The summed E-state index contributed by atoms with van der Waals surface area (Å²) in [7, 11) is 1.92. The van der Waals surface area contributed by atoms with Gasteiger partial charge in [0.1, 0.15) is 5.52 Å². The molecule has 1 heterocycles. The van der Waals surface area contributed by atoms with Gasteiger partial charge in [-0.2, -0.15) is 0 Å². The van der Waals surface area contributed by atoms with Crippen molar-refractivity contribution < 1.29 is 0 Å². The Morgan fingerprint density at radius 3 is 2.75 bits per heavy atom. The molecule has 1 N–H and O–H groups in total. The molecule has 0 spiro atoms. The maximum Gasteiger partial charge on any atom is 0.113 e. The number of halogens is 1. The lowest BCUT2D eigenvalue weighted by Gasteiger charge is -2.13. The molecule has 0 saturated carbocycles. The first-order valence-corrected chi connectivity index (χ1v) is 6.86. The smallest absolute Gasteiger partial charge is 0.113 e. The standard InChI is InChI=1S/C15H15ClN4/c1-10(17-2)12-8-7-11(9-13(12)16)20-15-6-4-3-5-14(15)18-19-20/h3-10,17H,1-2H3. The highest BCUT2D eigenvalue weighted by Gasteiger charge is 2.11. The van der Waals surface area contributed by atoms with Crippen molar-refractivity contribution in [2.24, 2.45) is 0 Å². The first kappa shape index (κ1) is 13.1. The maximum absolute atomic E-state index is 6.37. The summed E-state index contributed by atoms with van der Waals surface area (Å²) in [6.45, 7) is 2.08. The summed E-state index contributed by atoms with van der Waals surface area (Å²) in [6, 6.07) is 14.0. The van der Waals surface area contributed by atoms with Crippen LogP contribution in [-0.2, 0) is 0 Å². The van der Waals surface area contributed by atoms with Crippen LogP contribution < -0.4 is 5.32 Å². The average Bonchev–Trinajstić information content (AvgIpc) is 2.90. The fraction of sp³-hybridized carbons (Fsp3) is 0.200. The number of para-hydroxylation sites is 1. The van der Waals surface area contributed by atoms with E-state index in [1.165, 1.54) is 0 Å². The van der Waals surface area contributed by atoms with Gasteiger partial charge in [-0.15, -0.1) is 5.10 Å². The van der Waals surface area contributed by atoms with Crippen LogP contribution in [0.2, 0.25) is 5.02 Å². The van der Waals surface area contributed by atoms with Gasteiger partial charge in [0.15, 0.2) is 0 Å². The zero-order valence-corrected chi connectivity index (χ0v) is 12.1. The average molecular weight is 287 g/mol. The zero-order valence-electron chi connectivity index (χ0n) is 11.3. The van der Waals surface area contributed by atoms with Crippen molar-refractivity contribution in [3.05, 3.63) is 53.1 Å². The molecule has 1 aromatic heterocycles. The molecule has 102 valence electrons. The highest BCUT2D eigenvalue weighted by Crippen LogP contribution is 2.26. The molecular weight excluding hydrogens is 272 g/mol. The van der Waals surface area contributed by atoms with E-state index in [2.05, 4.69) is 22.6 Å². The van der Waals surface area contributed by atoms with Crippen LogP contribution in [0, 0.1) is 0 Å². The van der Waals surface area contributed by atoms with Crippen LogP contribution in [0.15, 0.2) is 42.5 Å². The molecule has 5 heteroatoms. The van der Waals surface area contributed by atoms with Crippen molar-refractivity contribution in [2.45, 2.75) is 13.0 Å². The number of nitrogens with one attached hydrogen (secondary N) is 1. The Morgan fingerprint density at radius 1 is 1.20 bits per heavy atom. The van der Waals surface area contributed by atoms with Gasteiger partial charge in [0.2, 0.25) is 0 Å². The van der Waals surface area contributed by atoms with Gasteiger partial charge in [0.05, 0.1) is 11.2 Å². The van der Waals surface area contributed by atoms with Crippen LogP contribution >= 0.6 is 11.6 Å². The van der Waals surface area contributed by atoms with Crippen molar-refractivity contribution >= 4 is 22.6 Å². The molecular formula is C15H15ClN4. The van der Waals surface area contributed by atoms with Gasteiger partial charge in [0.25, 0.3) is 0 Å². The minimum atomic E-state index is 0.212. The molecule has 0 bridgehead atoms. The molecule has 0 aliphatic rings. The van der Waals surface area contributed by atoms with Crippen LogP contribution in [-0.4, -0.2) is 22.0 Å². The fourth-order valence-electron chi connectivity index (χ4n) is 2.21. The van der Waals surface area contributed by atoms with E-state index in [0.29, 0.717) is 0 Å². The number of nitrogens with zero attached hydrogens (tertiary/aromatic N) is 3. The van der Waals surface area contributed by atoms with E-state index in [1.54, 1.807) is 4.68 Å². The molecule has 20 heavy (non-hydrogen) atoms. The summed E-state index contributed by atoms with van der Waals surface area (Å²) in [5.74, 6) is 0. The third-order valence-corrected chi connectivity index (χ3v) is 3.81. The van der Waals surface area contributed by atoms with Gasteiger partial charge in [-0.3, -0.25) is 0 Å². The first-order chi connectivity index (χ1) is 9.70. The van der Waals surface area contributed by atoms with Crippen LogP contribution in [0.3, 0.4) is 0 Å². The summed E-state index contributed by atoms with van der Waals surface area (Å²) in [5, 5.41) is 12.3. The van der Waals surface area contributed by atoms with Crippen molar-refractivity contribution in [3.8, 4) is 5.69 Å². The molecule has 1 atom stereocenters. The predicted molar refractivity (Wildman–Crippen MR) is 81.3 cm³/mol. The van der Waals surface area contributed by atoms with Gasteiger partial charge >= 0.3 is 0 Å². The van der Waals surface area contributed by atoms with Gasteiger partial charge in [-0.1, -0.05) is 35.0 Å². The quantitative estimate of drug-likeness (QED) is 0.803. The van der Waals surface area contributed by atoms with Gasteiger partial charge in [-0.25, -0.2) is 4.68 Å². The van der Waals surface area contributed by atoms with Crippen LogP contribution in [0.1, 0.15) is 18.5 Å². The molecule has 3 rings (SSSR count). The van der Waals surface area contributed by atoms with Gasteiger partial charge < -0.3 is 5.32 Å². The molecule has 0 aliphatic carbocycles. The molecule has 0 fully saturated rings. The Bertz CT molecular complexity index is 750. The Balaban J connectivity index is 2.09. The third kappa shape index (κ3) is 2.17. The third-order valence-electron chi connectivity index (χ3n) is 3.48. The van der Waals surface area contributed by atoms with E-state index in [0.717, 1.165) is 27.3 Å². The van der Waals surface area contributed by atoms with Crippen molar-refractivity contribution in [3.63, 3.8) is 0 Å². The molecule has 0 aliphatic heterocycles. The summed E-state index contributed by atoms with van der Waals surface area (Å²) in [4.78, 5) is 0. The second-order valence-corrected chi connectivity index (χ2v) is 5.11. The second kappa shape index (κ2) is 5.23. The number of hydrogen-bond donors (Lipinski definition) is 1. The molecule has 1 unspecified atom stereocenters. The van der Waals surface area contributed by atoms with Crippen LogP contribution in [0.5, 0.6) is 0 Å². The highest BCUT2D eigenvalue weighted by molar-refractivity contribution is 6.31. The lowest BCUT2D eigenvalue weighted by molar-refractivity contribution is 0.652. The monoisotopic (exact) mass is 286 g/mol. The normalized spacial score (nSPS) is 12.8. The zero-order chi connectivity index (χ0) is 14.1. The summed E-state index contributed by atoms with van der Waals surface area (Å²) in [5.41, 5.74) is 3.83. The molecule has 0 radical (unpaired) electrons. The number of rotatable bonds is 3. The number of hydrogen-bond acceptors (Lipinski definition) is 3. The van der Waals surface area contributed by atoms with Gasteiger partial charge in [-0.05, 0) is 43.8 Å². The Hall–Kier alpha value is -1.91. The van der Waals surface area contributed by atoms with E-state index in [4.69, 9.17) is 11.6 Å². The van der Waals surface area contributed by atoms with Crippen molar-refractivity contribution in [2.75, 3.05) is 7.05 Å². The second-order valence-electron chi connectivity index (χ2n) is 4.71. The fourth-order valence-corrected chi connectivity index (χ4v) is 2.55. The first-order valence-electron chi connectivity index (χ1n) is 6.48. The Morgan fingerprint density at radius 2 is 2.00 bits per heavy atom. The van der Waals surface area contributed by atoms with Crippen molar-refractivity contribution in [1.82, 2.24) is 20.3 Å². The molecule has 4 nitrogen and oxygen atoms in total. The maximum atomic E-state index is 6.37. The predicted octanol–water partition coefficient (Wildman–Crippen LogP) is 3.35. The van der Waals surface area contributed by atoms with E-state index in [1.807, 2.05) is 49.5 Å². The summed E-state index contributed by atoms with van der Waals surface area (Å²) < 4.78 is 1.80. The molecule has 2 aromatic carbocycles. The number of benzene rings is 2. The summed E-state index contributed by atoms with van der Waals surface area (Å²) in [6.07, 6.45) is 0. The number of aromatic nitrogens is 3. The lowest BCUT2D eigenvalue weighted by Crippen LogP contribution is -2.13.